The van der Waals surface area contributed by atoms with Gasteiger partial charge in [0, 0.05) is 5.56 Å². The quantitative estimate of drug-likeness (QED) is 0.852. The van der Waals surface area contributed by atoms with Crippen molar-refractivity contribution in [1.82, 2.24) is 0 Å². The molecule has 1 N–H and O–H groups in total. The first-order valence-corrected chi connectivity index (χ1v) is 5.69. The zero-order valence-corrected chi connectivity index (χ0v) is 10.3. The summed E-state index contributed by atoms with van der Waals surface area (Å²) >= 11 is 0. The van der Waals surface area contributed by atoms with Gasteiger partial charge in [0.25, 0.3) is 0 Å². The highest BCUT2D eigenvalue weighted by Crippen LogP contribution is 2.24. The van der Waals surface area contributed by atoms with Gasteiger partial charge in [0.2, 0.25) is 0 Å². The average molecular weight is 256 g/mol. The second kappa shape index (κ2) is 5.35. The van der Waals surface area contributed by atoms with Crippen molar-refractivity contribution in [3.05, 3.63) is 59.7 Å². The number of carbonyl (C=O) groups is 2. The van der Waals surface area contributed by atoms with Crippen LogP contribution in [0.1, 0.15) is 27.6 Å². The van der Waals surface area contributed by atoms with Crippen molar-refractivity contribution in [2.75, 3.05) is 0 Å². The lowest BCUT2D eigenvalue weighted by atomic mass is 10.0. The van der Waals surface area contributed by atoms with Crippen molar-refractivity contribution in [1.29, 1.82) is 0 Å². The number of carbonyl (C=O) groups excluding carboxylic acids is 1. The standard InChI is InChI=1S/C15H12O4/c1-10(16)14-9-12(7-8-13(14)15(17)18)19-11-5-3-2-4-6-11/h2-9H,1H3,(H,17,18). The van der Waals surface area contributed by atoms with Gasteiger partial charge in [-0.15, -0.1) is 0 Å². The first-order chi connectivity index (χ1) is 9.08. The fourth-order valence-electron chi connectivity index (χ4n) is 1.69. The monoisotopic (exact) mass is 256 g/mol. The Morgan fingerprint density at radius 1 is 0.947 bits per heavy atom. The number of carboxylic acids is 1. The molecule has 2 aromatic carbocycles. The van der Waals surface area contributed by atoms with E-state index in [2.05, 4.69) is 0 Å². The van der Waals surface area contributed by atoms with Crippen LogP contribution in [0.25, 0.3) is 0 Å². The minimum absolute atomic E-state index is 0.0205. The Morgan fingerprint density at radius 3 is 2.21 bits per heavy atom. The van der Waals surface area contributed by atoms with Gasteiger partial charge in [-0.25, -0.2) is 4.79 Å². The van der Waals surface area contributed by atoms with E-state index in [1.54, 1.807) is 12.1 Å². The number of benzene rings is 2. The summed E-state index contributed by atoms with van der Waals surface area (Å²) in [4.78, 5) is 22.5. The number of carboxylic acid groups (broad SMARTS) is 1. The molecule has 2 rings (SSSR count). The molecule has 0 amide bonds. The lowest BCUT2D eigenvalue weighted by Gasteiger charge is -2.08. The zero-order valence-electron chi connectivity index (χ0n) is 10.3. The van der Waals surface area contributed by atoms with Gasteiger partial charge in [-0.3, -0.25) is 4.79 Å². The molecule has 0 radical (unpaired) electrons. The Kier molecular flexibility index (Phi) is 3.61. The van der Waals surface area contributed by atoms with Gasteiger partial charge in [0.15, 0.2) is 5.78 Å². The smallest absolute Gasteiger partial charge is 0.336 e. The summed E-state index contributed by atoms with van der Waals surface area (Å²) in [6.45, 7) is 1.33. The topological polar surface area (TPSA) is 63.6 Å². The van der Waals surface area contributed by atoms with Gasteiger partial charge in [-0.1, -0.05) is 18.2 Å². The highest BCUT2D eigenvalue weighted by molar-refractivity contribution is 6.05. The summed E-state index contributed by atoms with van der Waals surface area (Å²) in [6.07, 6.45) is 0. The van der Waals surface area contributed by atoms with Crippen LogP contribution in [0.3, 0.4) is 0 Å². The molecule has 4 heteroatoms. The Bertz CT molecular complexity index is 617. The Hall–Kier alpha value is -2.62. The maximum atomic E-state index is 11.5. The van der Waals surface area contributed by atoms with E-state index in [-0.39, 0.29) is 16.9 Å². The molecule has 0 saturated carbocycles. The maximum Gasteiger partial charge on any atom is 0.336 e. The van der Waals surface area contributed by atoms with Gasteiger partial charge in [0.1, 0.15) is 11.5 Å². The van der Waals surface area contributed by atoms with E-state index in [1.165, 1.54) is 25.1 Å². The molecule has 0 spiro atoms. The third-order valence-corrected chi connectivity index (χ3v) is 2.58. The maximum absolute atomic E-state index is 11.5. The minimum Gasteiger partial charge on any atom is -0.478 e. The highest BCUT2D eigenvalue weighted by Gasteiger charge is 2.14. The molecule has 19 heavy (non-hydrogen) atoms. The molecule has 0 aliphatic rings. The fraction of sp³-hybridized carbons (Fsp3) is 0.0667. The number of ketones is 1. The number of para-hydroxylation sites is 1. The molecule has 4 nitrogen and oxygen atoms in total. The second-order valence-corrected chi connectivity index (χ2v) is 3.98. The summed E-state index contributed by atoms with van der Waals surface area (Å²) in [5, 5.41) is 9.00. The van der Waals surface area contributed by atoms with Crippen LogP contribution >= 0.6 is 0 Å². The van der Waals surface area contributed by atoms with Crippen LogP contribution in [0.4, 0.5) is 0 Å². The van der Waals surface area contributed by atoms with E-state index < -0.39 is 5.97 Å². The molecule has 0 atom stereocenters. The summed E-state index contributed by atoms with van der Waals surface area (Å²) in [5.74, 6) is -0.381. The third kappa shape index (κ3) is 2.98. The molecule has 0 fully saturated rings. The number of hydrogen-bond donors (Lipinski definition) is 1. The SMILES string of the molecule is CC(=O)c1cc(Oc2ccccc2)ccc1C(=O)O. The molecule has 0 aliphatic carbocycles. The predicted octanol–water partition coefficient (Wildman–Crippen LogP) is 3.38. The largest absolute Gasteiger partial charge is 0.478 e. The van der Waals surface area contributed by atoms with Crippen LogP contribution < -0.4 is 4.74 Å². The number of Topliss-reactive ketones (excluding diaryl/α,β-unsaturated/α-hetero) is 1. The van der Waals surface area contributed by atoms with Crippen LogP contribution in [0.15, 0.2) is 48.5 Å². The molecular formula is C15H12O4. The van der Waals surface area contributed by atoms with E-state index in [0.717, 1.165) is 0 Å². The van der Waals surface area contributed by atoms with Gasteiger partial charge in [0.05, 0.1) is 5.56 Å². The number of rotatable bonds is 4. The summed E-state index contributed by atoms with van der Waals surface area (Å²) in [7, 11) is 0. The van der Waals surface area contributed by atoms with Crippen LogP contribution in [-0.2, 0) is 0 Å². The minimum atomic E-state index is -1.13. The van der Waals surface area contributed by atoms with E-state index >= 15 is 0 Å². The van der Waals surface area contributed by atoms with Crippen LogP contribution in [0, 0.1) is 0 Å². The van der Waals surface area contributed by atoms with Crippen molar-refractivity contribution < 1.29 is 19.4 Å². The summed E-state index contributed by atoms with van der Waals surface area (Å²) < 4.78 is 5.56. The Balaban J connectivity index is 2.36. The van der Waals surface area contributed by atoms with Gasteiger partial charge in [-0.2, -0.15) is 0 Å². The van der Waals surface area contributed by atoms with Crippen molar-refractivity contribution in [2.45, 2.75) is 6.92 Å². The second-order valence-electron chi connectivity index (χ2n) is 3.98. The van der Waals surface area contributed by atoms with Gasteiger partial charge >= 0.3 is 5.97 Å². The van der Waals surface area contributed by atoms with Crippen LogP contribution in [-0.4, -0.2) is 16.9 Å². The van der Waals surface area contributed by atoms with Crippen molar-refractivity contribution in [3.63, 3.8) is 0 Å². The normalized spacial score (nSPS) is 9.95. The summed E-state index contributed by atoms with van der Waals surface area (Å²) in [5.41, 5.74) is 0.119. The molecule has 0 heterocycles. The van der Waals surface area contributed by atoms with Crippen LogP contribution in [0.5, 0.6) is 11.5 Å². The van der Waals surface area contributed by atoms with Gasteiger partial charge in [-0.05, 0) is 37.3 Å². The summed E-state index contributed by atoms with van der Waals surface area (Å²) in [6, 6.07) is 13.4. The lowest BCUT2D eigenvalue weighted by Crippen LogP contribution is -2.06. The first kappa shape index (κ1) is 12.8. The van der Waals surface area contributed by atoms with E-state index in [9.17, 15) is 9.59 Å². The molecule has 0 saturated heterocycles. The molecule has 0 unspecified atom stereocenters. The Morgan fingerprint density at radius 2 is 1.63 bits per heavy atom. The number of aromatic carboxylic acids is 1. The van der Waals surface area contributed by atoms with Gasteiger partial charge < -0.3 is 9.84 Å². The van der Waals surface area contributed by atoms with E-state index in [4.69, 9.17) is 9.84 Å². The molecule has 0 aromatic heterocycles. The number of ether oxygens (including phenoxy) is 1. The van der Waals surface area contributed by atoms with E-state index in [0.29, 0.717) is 11.5 Å². The predicted molar refractivity (Wildman–Crippen MR) is 69.9 cm³/mol. The molecule has 2 aromatic rings. The molecule has 0 bridgehead atoms. The average Bonchev–Trinajstić information content (AvgIpc) is 2.39. The fourth-order valence-corrected chi connectivity index (χ4v) is 1.69. The Labute approximate surface area is 110 Å². The van der Waals surface area contributed by atoms with Crippen molar-refractivity contribution in [3.8, 4) is 11.5 Å². The van der Waals surface area contributed by atoms with E-state index in [1.807, 2.05) is 18.2 Å². The van der Waals surface area contributed by atoms with Crippen LogP contribution in [0.2, 0.25) is 0 Å². The first-order valence-electron chi connectivity index (χ1n) is 5.69. The lowest BCUT2D eigenvalue weighted by molar-refractivity contribution is 0.0692. The third-order valence-electron chi connectivity index (χ3n) is 2.58. The highest BCUT2D eigenvalue weighted by atomic mass is 16.5. The zero-order chi connectivity index (χ0) is 13.8. The molecule has 0 aliphatic heterocycles. The van der Waals surface area contributed by atoms with Crippen molar-refractivity contribution >= 4 is 11.8 Å². The number of hydrogen-bond acceptors (Lipinski definition) is 3. The van der Waals surface area contributed by atoms with Crippen molar-refractivity contribution in [2.24, 2.45) is 0 Å². The molecular weight excluding hydrogens is 244 g/mol. The molecule has 96 valence electrons.